The van der Waals surface area contributed by atoms with E-state index in [2.05, 4.69) is 5.32 Å². The lowest BCUT2D eigenvalue weighted by Crippen LogP contribution is -2.29. The van der Waals surface area contributed by atoms with Crippen LogP contribution in [-0.2, 0) is 4.79 Å². The number of nitrogens with zero attached hydrogens (tertiary/aromatic N) is 1. The maximum absolute atomic E-state index is 12.8. The van der Waals surface area contributed by atoms with Gasteiger partial charge in [0.25, 0.3) is 5.91 Å². The summed E-state index contributed by atoms with van der Waals surface area (Å²) in [4.78, 5) is 27.1. The molecule has 23 heavy (non-hydrogen) atoms. The van der Waals surface area contributed by atoms with Gasteiger partial charge in [-0.05, 0) is 49.9 Å². The van der Waals surface area contributed by atoms with Crippen molar-refractivity contribution >= 4 is 28.2 Å². The number of hydrogen-bond donors (Lipinski definition) is 1. The molecule has 2 amide bonds. The van der Waals surface area contributed by atoms with E-state index in [1.54, 1.807) is 12.3 Å². The van der Waals surface area contributed by atoms with Gasteiger partial charge in [-0.25, -0.2) is 0 Å². The summed E-state index contributed by atoms with van der Waals surface area (Å²) in [5.74, 6) is 1.09. The summed E-state index contributed by atoms with van der Waals surface area (Å²) in [7, 11) is 0. The number of amides is 2. The number of carbonyl (C=O) groups is 2. The zero-order valence-electron chi connectivity index (χ0n) is 12.7. The summed E-state index contributed by atoms with van der Waals surface area (Å²) in [5.41, 5.74) is 0. The van der Waals surface area contributed by atoms with Crippen molar-refractivity contribution in [1.82, 2.24) is 4.90 Å². The van der Waals surface area contributed by atoms with Crippen LogP contribution in [-0.4, -0.2) is 23.3 Å². The van der Waals surface area contributed by atoms with Gasteiger partial charge in [-0.2, -0.15) is 0 Å². The molecule has 0 aromatic carbocycles. The number of nitrogens with one attached hydrogen (secondary N) is 1. The highest BCUT2D eigenvalue weighted by molar-refractivity contribution is 7.18. The van der Waals surface area contributed by atoms with Crippen molar-refractivity contribution in [1.29, 1.82) is 0 Å². The first-order chi connectivity index (χ1) is 11.2. The number of hydrogen-bond acceptors (Lipinski definition) is 4. The molecule has 0 radical (unpaired) electrons. The second-order valence-corrected chi connectivity index (χ2v) is 7.18. The molecule has 2 fully saturated rings. The van der Waals surface area contributed by atoms with Gasteiger partial charge in [0.1, 0.15) is 5.76 Å². The molecular formula is C17H18N2O3S. The van der Waals surface area contributed by atoms with Gasteiger partial charge in [0, 0.05) is 12.5 Å². The van der Waals surface area contributed by atoms with Gasteiger partial charge in [0.05, 0.1) is 22.2 Å². The van der Waals surface area contributed by atoms with E-state index in [1.807, 2.05) is 23.1 Å². The molecule has 2 aromatic rings. The van der Waals surface area contributed by atoms with Crippen LogP contribution < -0.4 is 5.32 Å². The topological polar surface area (TPSA) is 62.6 Å². The van der Waals surface area contributed by atoms with Crippen molar-refractivity contribution in [3.05, 3.63) is 41.2 Å². The minimum atomic E-state index is 0.0146. The van der Waals surface area contributed by atoms with Gasteiger partial charge in [0.15, 0.2) is 0 Å². The Hall–Kier alpha value is -2.08. The van der Waals surface area contributed by atoms with Gasteiger partial charge in [-0.3, -0.25) is 9.59 Å². The van der Waals surface area contributed by atoms with Gasteiger partial charge < -0.3 is 14.6 Å². The summed E-state index contributed by atoms with van der Waals surface area (Å²) >= 11 is 1.35. The second kappa shape index (κ2) is 5.85. The first-order valence-corrected chi connectivity index (χ1v) is 8.79. The smallest absolute Gasteiger partial charge is 0.264 e. The molecule has 1 saturated heterocycles. The molecule has 5 nitrogen and oxygen atoms in total. The lowest BCUT2D eigenvalue weighted by atomic mass is 10.1. The Morgan fingerprint density at radius 1 is 1.22 bits per heavy atom. The van der Waals surface area contributed by atoms with E-state index >= 15 is 0 Å². The highest BCUT2D eigenvalue weighted by Gasteiger charge is 2.33. The van der Waals surface area contributed by atoms with Crippen molar-refractivity contribution in [2.75, 3.05) is 11.9 Å². The van der Waals surface area contributed by atoms with Crippen LogP contribution in [0.1, 0.15) is 47.2 Å². The fourth-order valence-corrected chi connectivity index (χ4v) is 3.88. The van der Waals surface area contributed by atoms with Gasteiger partial charge in [0.2, 0.25) is 5.91 Å². The summed E-state index contributed by atoms with van der Waals surface area (Å²) < 4.78 is 5.48. The molecule has 1 N–H and O–H groups in total. The van der Waals surface area contributed by atoms with Crippen LogP contribution in [0.15, 0.2) is 34.9 Å². The Morgan fingerprint density at radius 2 is 2.09 bits per heavy atom. The zero-order chi connectivity index (χ0) is 15.8. The monoisotopic (exact) mass is 330 g/mol. The highest BCUT2D eigenvalue weighted by atomic mass is 32.1. The van der Waals surface area contributed by atoms with Gasteiger partial charge in [-0.15, -0.1) is 11.3 Å². The minimum Gasteiger partial charge on any atom is -0.467 e. The Balaban J connectivity index is 1.48. The first-order valence-electron chi connectivity index (χ1n) is 7.97. The molecule has 3 heterocycles. The average Bonchev–Trinajstić information content (AvgIpc) is 2.99. The molecule has 2 aliphatic rings. The van der Waals surface area contributed by atoms with E-state index in [0.29, 0.717) is 4.88 Å². The molecule has 120 valence electrons. The van der Waals surface area contributed by atoms with Crippen LogP contribution in [0.5, 0.6) is 0 Å². The third-order valence-electron chi connectivity index (χ3n) is 4.40. The molecule has 0 spiro atoms. The average molecular weight is 330 g/mol. The van der Waals surface area contributed by atoms with Crippen molar-refractivity contribution in [2.24, 2.45) is 5.92 Å². The number of anilines is 1. The summed E-state index contributed by atoms with van der Waals surface area (Å²) in [6, 6.07) is 7.41. The fourth-order valence-electron chi connectivity index (χ4n) is 3.02. The number of carbonyl (C=O) groups excluding carboxylic acids is 2. The Morgan fingerprint density at radius 3 is 2.83 bits per heavy atom. The summed E-state index contributed by atoms with van der Waals surface area (Å²) in [6.07, 6.45) is 5.50. The van der Waals surface area contributed by atoms with Gasteiger partial charge in [-0.1, -0.05) is 0 Å². The Kier molecular flexibility index (Phi) is 3.69. The standard InChI is InChI=1S/C17H18N2O3S/c20-16(11-5-6-11)18-15-8-7-14(23-15)17(21)19-9-1-3-12(19)13-4-2-10-22-13/h2,4,7-8,10-12H,1,3,5-6,9H2,(H,18,20). The van der Waals surface area contributed by atoms with E-state index in [9.17, 15) is 9.59 Å². The number of thiophene rings is 1. The molecule has 1 atom stereocenters. The molecule has 0 bridgehead atoms. The van der Waals surface area contributed by atoms with Crippen LogP contribution in [0.3, 0.4) is 0 Å². The van der Waals surface area contributed by atoms with Crippen molar-refractivity contribution in [2.45, 2.75) is 31.7 Å². The lowest BCUT2D eigenvalue weighted by Gasteiger charge is -2.22. The quantitative estimate of drug-likeness (QED) is 0.930. The molecule has 1 saturated carbocycles. The number of likely N-dealkylation sites (tertiary alicyclic amines) is 1. The summed E-state index contributed by atoms with van der Waals surface area (Å²) in [6.45, 7) is 0.742. The van der Waals surface area contributed by atoms with E-state index in [0.717, 1.165) is 43.0 Å². The van der Waals surface area contributed by atoms with Crippen molar-refractivity contribution in [3.8, 4) is 0 Å². The van der Waals surface area contributed by atoms with Crippen LogP contribution >= 0.6 is 11.3 Å². The molecule has 6 heteroatoms. The predicted octanol–water partition coefficient (Wildman–Crippen LogP) is 3.67. The zero-order valence-corrected chi connectivity index (χ0v) is 13.5. The summed E-state index contributed by atoms with van der Waals surface area (Å²) in [5, 5.41) is 3.65. The number of rotatable bonds is 4. The van der Waals surface area contributed by atoms with Crippen molar-refractivity contribution < 1.29 is 14.0 Å². The van der Waals surface area contributed by atoms with Crippen LogP contribution in [0, 0.1) is 5.92 Å². The van der Waals surface area contributed by atoms with Crippen LogP contribution in [0.4, 0.5) is 5.00 Å². The van der Waals surface area contributed by atoms with Crippen LogP contribution in [0.25, 0.3) is 0 Å². The third kappa shape index (κ3) is 2.91. The molecule has 2 aromatic heterocycles. The first kappa shape index (κ1) is 14.5. The number of furan rings is 1. The highest BCUT2D eigenvalue weighted by Crippen LogP contribution is 2.36. The Bertz CT molecular complexity index is 718. The Labute approximate surface area is 138 Å². The fraction of sp³-hybridized carbons (Fsp3) is 0.412. The van der Waals surface area contributed by atoms with E-state index in [1.165, 1.54) is 11.3 Å². The predicted molar refractivity (Wildman–Crippen MR) is 87.4 cm³/mol. The van der Waals surface area contributed by atoms with Crippen LogP contribution in [0.2, 0.25) is 0 Å². The lowest BCUT2D eigenvalue weighted by molar-refractivity contribution is -0.117. The van der Waals surface area contributed by atoms with Crippen molar-refractivity contribution in [3.63, 3.8) is 0 Å². The van der Waals surface area contributed by atoms with Gasteiger partial charge >= 0.3 is 0 Å². The largest absolute Gasteiger partial charge is 0.467 e. The second-order valence-electron chi connectivity index (χ2n) is 6.10. The molecule has 1 aliphatic heterocycles. The minimum absolute atomic E-state index is 0.0146. The normalized spacial score (nSPS) is 20.7. The maximum atomic E-state index is 12.8. The SMILES string of the molecule is O=C(Nc1ccc(C(=O)N2CCCC2c2ccco2)s1)C1CC1. The molecule has 1 unspecified atom stereocenters. The van der Waals surface area contributed by atoms with E-state index in [-0.39, 0.29) is 23.8 Å². The maximum Gasteiger partial charge on any atom is 0.264 e. The third-order valence-corrected chi connectivity index (χ3v) is 5.39. The van der Waals surface area contributed by atoms with E-state index in [4.69, 9.17) is 4.42 Å². The molecule has 1 aliphatic carbocycles. The van der Waals surface area contributed by atoms with E-state index < -0.39 is 0 Å². The molecular weight excluding hydrogens is 312 g/mol. The molecule has 4 rings (SSSR count).